The third-order valence-corrected chi connectivity index (χ3v) is 4.90. The molecule has 0 bridgehead atoms. The fourth-order valence-corrected chi connectivity index (χ4v) is 3.66. The molecule has 1 saturated heterocycles. The summed E-state index contributed by atoms with van der Waals surface area (Å²) in [6, 6.07) is 21.7. The Labute approximate surface area is 149 Å². The van der Waals surface area contributed by atoms with Gasteiger partial charge in [-0.3, -0.25) is 14.9 Å². The summed E-state index contributed by atoms with van der Waals surface area (Å²) in [6.07, 6.45) is 7.07. The molecule has 0 radical (unpaired) electrons. The van der Waals surface area contributed by atoms with Crippen LogP contribution in [0.25, 0.3) is 0 Å². The summed E-state index contributed by atoms with van der Waals surface area (Å²) >= 11 is 0. The minimum atomic E-state index is 0.420. The average molecular weight is 329 g/mol. The van der Waals surface area contributed by atoms with Gasteiger partial charge >= 0.3 is 0 Å². The van der Waals surface area contributed by atoms with E-state index in [0.29, 0.717) is 6.04 Å². The number of rotatable bonds is 5. The number of pyridine rings is 2. The standard InChI is InChI=1S/C22H23N3/c1-2-6-18(7-3-1)16-20-8-4-9-21(24-20)22-10-5-15-25(22)17-19-11-13-23-14-12-19/h1-4,6-9,11-14,22H,5,10,15-17H2/t22-/m0/s1. The first-order chi connectivity index (χ1) is 12.4. The topological polar surface area (TPSA) is 29.0 Å². The van der Waals surface area contributed by atoms with Gasteiger partial charge in [-0.2, -0.15) is 0 Å². The summed E-state index contributed by atoms with van der Waals surface area (Å²) in [5, 5.41) is 0. The van der Waals surface area contributed by atoms with Crippen molar-refractivity contribution in [3.63, 3.8) is 0 Å². The van der Waals surface area contributed by atoms with E-state index < -0.39 is 0 Å². The lowest BCUT2D eigenvalue weighted by Crippen LogP contribution is -2.23. The van der Waals surface area contributed by atoms with Gasteiger partial charge in [0.15, 0.2) is 0 Å². The Morgan fingerprint density at radius 3 is 2.56 bits per heavy atom. The zero-order valence-electron chi connectivity index (χ0n) is 14.4. The molecule has 126 valence electrons. The van der Waals surface area contributed by atoms with Gasteiger partial charge in [-0.05, 0) is 54.8 Å². The molecule has 0 amide bonds. The van der Waals surface area contributed by atoms with Gasteiger partial charge in [-0.25, -0.2) is 0 Å². The third-order valence-electron chi connectivity index (χ3n) is 4.90. The Morgan fingerprint density at radius 1 is 0.880 bits per heavy atom. The molecule has 2 aromatic heterocycles. The number of hydrogen-bond donors (Lipinski definition) is 0. The number of hydrogen-bond acceptors (Lipinski definition) is 3. The van der Waals surface area contributed by atoms with Crippen LogP contribution in [0.15, 0.2) is 73.1 Å². The second kappa shape index (κ2) is 7.58. The molecule has 1 aromatic carbocycles. The molecule has 3 heteroatoms. The largest absolute Gasteiger partial charge is 0.291 e. The maximum absolute atomic E-state index is 4.99. The summed E-state index contributed by atoms with van der Waals surface area (Å²) in [7, 11) is 0. The Hall–Kier alpha value is -2.52. The van der Waals surface area contributed by atoms with E-state index in [1.54, 1.807) is 0 Å². The molecular formula is C22H23N3. The molecule has 1 fully saturated rings. The molecule has 4 rings (SSSR count). The van der Waals surface area contributed by atoms with Gasteiger partial charge < -0.3 is 0 Å². The van der Waals surface area contributed by atoms with Gasteiger partial charge in [-0.1, -0.05) is 36.4 Å². The van der Waals surface area contributed by atoms with Crippen molar-refractivity contribution >= 4 is 0 Å². The molecule has 0 N–H and O–H groups in total. The first-order valence-electron chi connectivity index (χ1n) is 9.01. The van der Waals surface area contributed by atoms with Crippen molar-refractivity contribution in [2.24, 2.45) is 0 Å². The highest BCUT2D eigenvalue weighted by Gasteiger charge is 2.27. The minimum absolute atomic E-state index is 0.420. The van der Waals surface area contributed by atoms with Crippen LogP contribution in [0.2, 0.25) is 0 Å². The van der Waals surface area contributed by atoms with Gasteiger partial charge in [0.05, 0.1) is 11.7 Å². The maximum Gasteiger partial charge on any atom is 0.0578 e. The van der Waals surface area contributed by atoms with Gasteiger partial charge in [0.1, 0.15) is 0 Å². The average Bonchev–Trinajstić information content (AvgIpc) is 3.12. The molecule has 3 heterocycles. The normalized spacial score (nSPS) is 17.7. The van der Waals surface area contributed by atoms with Crippen molar-refractivity contribution < 1.29 is 0 Å². The van der Waals surface area contributed by atoms with Crippen molar-refractivity contribution in [3.05, 3.63) is 95.6 Å². The third kappa shape index (κ3) is 3.94. The lowest BCUT2D eigenvalue weighted by Gasteiger charge is -2.24. The predicted molar refractivity (Wildman–Crippen MR) is 100 cm³/mol. The monoisotopic (exact) mass is 329 g/mol. The molecule has 3 aromatic rings. The van der Waals surface area contributed by atoms with Crippen LogP contribution >= 0.6 is 0 Å². The van der Waals surface area contributed by atoms with Gasteiger partial charge in [0.25, 0.3) is 0 Å². The summed E-state index contributed by atoms with van der Waals surface area (Å²) in [4.78, 5) is 11.7. The second-order valence-electron chi connectivity index (χ2n) is 6.70. The van der Waals surface area contributed by atoms with Gasteiger partial charge in [0.2, 0.25) is 0 Å². The fourth-order valence-electron chi connectivity index (χ4n) is 3.66. The smallest absolute Gasteiger partial charge is 0.0578 e. The quantitative estimate of drug-likeness (QED) is 0.694. The van der Waals surface area contributed by atoms with Crippen LogP contribution in [0.4, 0.5) is 0 Å². The molecule has 1 atom stereocenters. The van der Waals surface area contributed by atoms with Crippen LogP contribution in [0.5, 0.6) is 0 Å². The summed E-state index contributed by atoms with van der Waals surface area (Å²) in [5.74, 6) is 0. The van der Waals surface area contributed by atoms with E-state index in [9.17, 15) is 0 Å². The lowest BCUT2D eigenvalue weighted by molar-refractivity contribution is 0.244. The zero-order chi connectivity index (χ0) is 16.9. The Balaban J connectivity index is 1.51. The lowest BCUT2D eigenvalue weighted by atomic mass is 10.1. The van der Waals surface area contributed by atoms with Crippen LogP contribution < -0.4 is 0 Å². The van der Waals surface area contributed by atoms with Crippen LogP contribution in [0.1, 0.15) is 41.4 Å². The first kappa shape index (κ1) is 16.0. The van der Waals surface area contributed by atoms with Crippen LogP contribution in [0.3, 0.4) is 0 Å². The molecular weight excluding hydrogens is 306 g/mol. The molecule has 3 nitrogen and oxygen atoms in total. The van der Waals surface area contributed by atoms with E-state index in [1.165, 1.54) is 29.7 Å². The highest BCUT2D eigenvalue weighted by Crippen LogP contribution is 2.32. The van der Waals surface area contributed by atoms with Gasteiger partial charge in [0, 0.05) is 31.1 Å². The Kier molecular flexibility index (Phi) is 4.84. The Morgan fingerprint density at radius 2 is 1.72 bits per heavy atom. The van der Waals surface area contributed by atoms with Crippen LogP contribution in [-0.4, -0.2) is 21.4 Å². The summed E-state index contributed by atoms with van der Waals surface area (Å²) < 4.78 is 0. The predicted octanol–water partition coefficient (Wildman–Crippen LogP) is 4.40. The number of aromatic nitrogens is 2. The van der Waals surface area contributed by atoms with E-state index >= 15 is 0 Å². The van der Waals surface area contributed by atoms with Crippen molar-refractivity contribution in [1.82, 2.24) is 14.9 Å². The van der Waals surface area contributed by atoms with Crippen molar-refractivity contribution in [1.29, 1.82) is 0 Å². The van der Waals surface area contributed by atoms with E-state index in [1.807, 2.05) is 12.4 Å². The highest BCUT2D eigenvalue weighted by molar-refractivity contribution is 5.24. The number of benzene rings is 1. The zero-order valence-corrected chi connectivity index (χ0v) is 14.4. The highest BCUT2D eigenvalue weighted by atomic mass is 15.2. The molecule has 1 aliphatic rings. The molecule has 0 spiro atoms. The van der Waals surface area contributed by atoms with Crippen molar-refractivity contribution in [3.8, 4) is 0 Å². The Bertz CT molecular complexity index is 802. The van der Waals surface area contributed by atoms with E-state index in [4.69, 9.17) is 4.98 Å². The molecule has 0 unspecified atom stereocenters. The fraction of sp³-hybridized carbons (Fsp3) is 0.273. The second-order valence-corrected chi connectivity index (χ2v) is 6.70. The van der Waals surface area contributed by atoms with E-state index in [2.05, 4.69) is 70.5 Å². The van der Waals surface area contributed by atoms with Crippen LogP contribution in [-0.2, 0) is 13.0 Å². The SMILES string of the molecule is c1ccc(Cc2cccc([C@@H]3CCCN3Cc3ccncc3)n2)cc1. The molecule has 0 saturated carbocycles. The molecule has 1 aliphatic heterocycles. The summed E-state index contributed by atoms with van der Waals surface area (Å²) in [5.41, 5.74) is 4.99. The van der Waals surface area contributed by atoms with E-state index in [-0.39, 0.29) is 0 Å². The maximum atomic E-state index is 4.99. The first-order valence-corrected chi connectivity index (χ1v) is 9.01. The van der Waals surface area contributed by atoms with Crippen molar-refractivity contribution in [2.75, 3.05) is 6.54 Å². The van der Waals surface area contributed by atoms with Crippen molar-refractivity contribution in [2.45, 2.75) is 31.8 Å². The van der Waals surface area contributed by atoms with Gasteiger partial charge in [-0.15, -0.1) is 0 Å². The molecule has 0 aliphatic carbocycles. The number of likely N-dealkylation sites (tertiary alicyclic amines) is 1. The van der Waals surface area contributed by atoms with Crippen LogP contribution in [0, 0.1) is 0 Å². The van der Waals surface area contributed by atoms with E-state index in [0.717, 1.165) is 25.2 Å². The minimum Gasteiger partial charge on any atom is -0.291 e. The number of nitrogens with zero attached hydrogens (tertiary/aromatic N) is 3. The molecule has 25 heavy (non-hydrogen) atoms. The summed E-state index contributed by atoms with van der Waals surface area (Å²) in [6.45, 7) is 2.11.